The first-order valence-corrected chi connectivity index (χ1v) is 8.76. The van der Waals surface area contributed by atoms with Crippen LogP contribution in [0.1, 0.15) is 16.7 Å². The monoisotopic (exact) mass is 388 g/mol. The Morgan fingerprint density at radius 3 is 2.44 bits per heavy atom. The van der Waals surface area contributed by atoms with E-state index in [9.17, 15) is 9.59 Å². The third kappa shape index (κ3) is 3.57. The molecule has 1 heterocycles. The molecular weight excluding hydrogens is 379 g/mol. The Balaban J connectivity index is 1.91. The Morgan fingerprint density at radius 2 is 1.76 bits per heavy atom. The van der Waals surface area contributed by atoms with Crippen molar-refractivity contribution in [1.29, 1.82) is 5.26 Å². The quantitative estimate of drug-likeness (QED) is 0.685. The van der Waals surface area contributed by atoms with Crippen LogP contribution in [0, 0.1) is 11.3 Å². The van der Waals surface area contributed by atoms with Gasteiger partial charge < -0.3 is 0 Å². The smallest absolute Gasteiger partial charge is 0.268 e. The molecule has 0 bridgehead atoms. The summed E-state index contributed by atoms with van der Waals surface area (Å²) >= 11 is 13.1. The number of hydrogen-bond donors (Lipinski definition) is 0. The van der Waals surface area contributed by atoms with Crippen molar-refractivity contribution < 1.29 is 9.59 Å². The lowest BCUT2D eigenvalue weighted by Crippen LogP contribution is -2.27. The number of nitriles is 1. The zero-order valence-electron chi connectivity index (χ0n) is 12.7. The summed E-state index contributed by atoms with van der Waals surface area (Å²) in [6, 6.07) is 13.9. The van der Waals surface area contributed by atoms with E-state index in [0.29, 0.717) is 26.7 Å². The molecule has 0 aliphatic carbocycles. The van der Waals surface area contributed by atoms with Gasteiger partial charge in [0.2, 0.25) is 0 Å². The Morgan fingerprint density at radius 1 is 1.08 bits per heavy atom. The minimum absolute atomic E-state index is 0.0436. The van der Waals surface area contributed by atoms with E-state index in [1.165, 1.54) is 6.08 Å². The van der Waals surface area contributed by atoms with Crippen molar-refractivity contribution in [2.75, 3.05) is 0 Å². The SMILES string of the molecule is N#Cc1ccccc1CN1C(=O)S/C(=C/c2c(Cl)cccc2Cl)C1=O. The lowest BCUT2D eigenvalue weighted by Gasteiger charge is -2.13. The summed E-state index contributed by atoms with van der Waals surface area (Å²) in [6.07, 6.45) is 1.52. The molecule has 1 fully saturated rings. The molecule has 0 atom stereocenters. The second-order valence-corrected chi connectivity index (χ2v) is 6.98. The van der Waals surface area contributed by atoms with Gasteiger partial charge in [-0.1, -0.05) is 47.5 Å². The highest BCUT2D eigenvalue weighted by Gasteiger charge is 2.35. The molecular formula is C18H10Cl2N2O2S. The number of rotatable bonds is 3. The van der Waals surface area contributed by atoms with Gasteiger partial charge >= 0.3 is 0 Å². The second kappa shape index (κ2) is 7.32. The van der Waals surface area contributed by atoms with Crippen molar-refractivity contribution in [2.24, 2.45) is 0 Å². The van der Waals surface area contributed by atoms with Gasteiger partial charge in [0.1, 0.15) is 0 Å². The van der Waals surface area contributed by atoms with Crippen molar-refractivity contribution in [3.63, 3.8) is 0 Å². The maximum absolute atomic E-state index is 12.6. The van der Waals surface area contributed by atoms with Gasteiger partial charge in [0.05, 0.1) is 23.1 Å². The first-order valence-electron chi connectivity index (χ1n) is 7.18. The average Bonchev–Trinajstić information content (AvgIpc) is 2.86. The lowest BCUT2D eigenvalue weighted by atomic mass is 10.1. The summed E-state index contributed by atoms with van der Waals surface area (Å²) in [5.74, 6) is -0.432. The van der Waals surface area contributed by atoms with Gasteiger partial charge in [0.25, 0.3) is 11.1 Å². The molecule has 2 aromatic rings. The van der Waals surface area contributed by atoms with Crippen molar-refractivity contribution in [2.45, 2.75) is 6.54 Å². The second-order valence-electron chi connectivity index (χ2n) is 5.17. The van der Waals surface area contributed by atoms with E-state index in [4.69, 9.17) is 28.5 Å². The van der Waals surface area contributed by atoms with Crippen LogP contribution in [0.5, 0.6) is 0 Å². The van der Waals surface area contributed by atoms with Gasteiger partial charge in [0.15, 0.2) is 0 Å². The number of carbonyl (C=O) groups excluding carboxylic acids is 2. The third-order valence-corrected chi connectivity index (χ3v) is 5.18. The van der Waals surface area contributed by atoms with Crippen LogP contribution in [0.4, 0.5) is 4.79 Å². The van der Waals surface area contributed by atoms with E-state index in [2.05, 4.69) is 6.07 Å². The van der Waals surface area contributed by atoms with Crippen LogP contribution >= 0.6 is 35.0 Å². The van der Waals surface area contributed by atoms with E-state index in [1.54, 1.807) is 42.5 Å². The number of imide groups is 1. The molecule has 4 nitrogen and oxygen atoms in total. The molecule has 0 radical (unpaired) electrons. The van der Waals surface area contributed by atoms with Gasteiger partial charge in [-0.15, -0.1) is 0 Å². The van der Waals surface area contributed by atoms with Gasteiger partial charge in [-0.25, -0.2) is 0 Å². The molecule has 1 aliphatic heterocycles. The minimum Gasteiger partial charge on any atom is -0.268 e. The topological polar surface area (TPSA) is 61.2 Å². The van der Waals surface area contributed by atoms with Crippen LogP contribution in [0.3, 0.4) is 0 Å². The molecule has 1 saturated heterocycles. The third-order valence-electron chi connectivity index (χ3n) is 3.62. The molecule has 0 unspecified atom stereocenters. The molecule has 124 valence electrons. The van der Waals surface area contributed by atoms with E-state index in [1.807, 2.05) is 0 Å². The maximum Gasteiger partial charge on any atom is 0.293 e. The first kappa shape index (κ1) is 17.6. The number of halogens is 2. The fraction of sp³-hybridized carbons (Fsp3) is 0.0556. The fourth-order valence-electron chi connectivity index (χ4n) is 2.35. The van der Waals surface area contributed by atoms with E-state index >= 15 is 0 Å². The molecule has 0 spiro atoms. The van der Waals surface area contributed by atoms with Gasteiger partial charge in [-0.2, -0.15) is 5.26 Å². The van der Waals surface area contributed by atoms with Crippen molar-refractivity contribution in [1.82, 2.24) is 4.90 Å². The molecule has 25 heavy (non-hydrogen) atoms. The Labute approximate surface area is 158 Å². The average molecular weight is 389 g/mol. The summed E-state index contributed by atoms with van der Waals surface area (Å²) in [6.45, 7) is 0.0436. The standard InChI is InChI=1S/C18H10Cl2N2O2S/c19-14-6-3-7-15(20)13(14)8-16-17(23)22(18(24)25-16)10-12-5-2-1-4-11(12)9-21/h1-8H,10H2/b16-8+. The first-order chi connectivity index (χ1) is 12.0. The van der Waals surface area contributed by atoms with Crippen LogP contribution in [-0.4, -0.2) is 16.0 Å². The number of thioether (sulfide) groups is 1. The highest BCUT2D eigenvalue weighted by atomic mass is 35.5. The van der Waals surface area contributed by atoms with Gasteiger partial charge in [0, 0.05) is 15.6 Å². The number of benzene rings is 2. The Kier molecular flexibility index (Phi) is 5.14. The number of amides is 2. The molecule has 2 amide bonds. The van der Waals surface area contributed by atoms with Crippen LogP contribution in [0.15, 0.2) is 47.4 Å². The Bertz CT molecular complexity index is 930. The molecule has 0 aromatic heterocycles. The molecule has 7 heteroatoms. The van der Waals surface area contributed by atoms with E-state index in [-0.39, 0.29) is 11.4 Å². The summed E-state index contributed by atoms with van der Waals surface area (Å²) in [7, 11) is 0. The highest BCUT2D eigenvalue weighted by molar-refractivity contribution is 8.18. The number of carbonyl (C=O) groups is 2. The van der Waals surface area contributed by atoms with Crippen molar-refractivity contribution >= 4 is 52.2 Å². The van der Waals surface area contributed by atoms with Crippen LogP contribution in [-0.2, 0) is 11.3 Å². The highest BCUT2D eigenvalue weighted by Crippen LogP contribution is 2.36. The maximum atomic E-state index is 12.6. The van der Waals surface area contributed by atoms with Crippen LogP contribution in [0.2, 0.25) is 10.0 Å². The van der Waals surface area contributed by atoms with E-state index < -0.39 is 11.1 Å². The summed E-state index contributed by atoms with van der Waals surface area (Å²) < 4.78 is 0. The molecule has 1 aliphatic rings. The normalized spacial score (nSPS) is 15.7. The summed E-state index contributed by atoms with van der Waals surface area (Å²) in [5, 5.41) is 9.55. The largest absolute Gasteiger partial charge is 0.293 e. The van der Waals surface area contributed by atoms with Crippen LogP contribution < -0.4 is 0 Å². The van der Waals surface area contributed by atoms with Gasteiger partial charge in [-0.05, 0) is 41.6 Å². The van der Waals surface area contributed by atoms with Crippen molar-refractivity contribution in [3.8, 4) is 6.07 Å². The molecule has 0 saturated carbocycles. The Hall–Kier alpha value is -2.26. The zero-order chi connectivity index (χ0) is 18.0. The number of nitrogens with zero attached hydrogens (tertiary/aromatic N) is 2. The molecule has 2 aromatic carbocycles. The number of hydrogen-bond acceptors (Lipinski definition) is 4. The lowest BCUT2D eigenvalue weighted by molar-refractivity contribution is -0.123. The molecule has 3 rings (SSSR count). The predicted octanol–water partition coefficient (Wildman–Crippen LogP) is 5.10. The summed E-state index contributed by atoms with van der Waals surface area (Å²) in [5.41, 5.74) is 1.54. The predicted molar refractivity (Wildman–Crippen MR) is 99.1 cm³/mol. The zero-order valence-corrected chi connectivity index (χ0v) is 15.0. The van der Waals surface area contributed by atoms with Crippen LogP contribution in [0.25, 0.3) is 6.08 Å². The molecule has 0 N–H and O–H groups in total. The minimum atomic E-state index is -0.432. The summed E-state index contributed by atoms with van der Waals surface area (Å²) in [4.78, 5) is 26.2. The fourth-order valence-corrected chi connectivity index (χ4v) is 3.68. The van der Waals surface area contributed by atoms with E-state index in [0.717, 1.165) is 16.7 Å². The van der Waals surface area contributed by atoms with Gasteiger partial charge in [-0.3, -0.25) is 14.5 Å². The van der Waals surface area contributed by atoms with Crippen molar-refractivity contribution in [3.05, 3.63) is 74.1 Å².